The van der Waals surface area contributed by atoms with E-state index >= 15 is 0 Å². The zero-order chi connectivity index (χ0) is 18.0. The summed E-state index contributed by atoms with van der Waals surface area (Å²) in [5, 5.41) is 16.2. The molecule has 0 aliphatic carbocycles. The Hall–Kier alpha value is -2.09. The van der Waals surface area contributed by atoms with Crippen LogP contribution in [-0.4, -0.2) is 24.7 Å². The number of nitrogens with zero attached hydrogens (tertiary/aromatic N) is 4. The van der Waals surface area contributed by atoms with Crippen molar-refractivity contribution in [3.8, 4) is 0 Å². The Labute approximate surface area is 160 Å². The van der Waals surface area contributed by atoms with Crippen molar-refractivity contribution in [3.05, 3.63) is 58.0 Å². The largest absolute Gasteiger partial charge is 0.330 e. The van der Waals surface area contributed by atoms with Crippen LogP contribution in [0.15, 0.2) is 36.7 Å². The molecule has 0 unspecified atom stereocenters. The molecule has 3 aromatic rings. The molecule has 6 nitrogen and oxygen atoms in total. The maximum atomic E-state index is 6.25. The standard InChI is InChI=1S/C16H16Cl2N6S/c1-10-14(7-19-23(10)2)20-16(25)21-15-13(18)9-24(22-15)8-11-5-3-4-6-12(11)17/h3-7,9H,8H2,1-2H3,(H2,20,21,22,25). The van der Waals surface area contributed by atoms with Crippen LogP contribution in [0.3, 0.4) is 0 Å². The lowest BCUT2D eigenvalue weighted by atomic mass is 10.2. The maximum absolute atomic E-state index is 6.25. The van der Waals surface area contributed by atoms with E-state index < -0.39 is 0 Å². The van der Waals surface area contributed by atoms with E-state index in [2.05, 4.69) is 20.8 Å². The van der Waals surface area contributed by atoms with Gasteiger partial charge in [0.25, 0.3) is 0 Å². The Kier molecular flexibility index (Phi) is 5.27. The lowest BCUT2D eigenvalue weighted by Crippen LogP contribution is -2.20. The number of nitrogens with one attached hydrogen (secondary N) is 2. The quantitative estimate of drug-likeness (QED) is 0.652. The molecule has 2 heterocycles. The van der Waals surface area contributed by atoms with Crippen molar-refractivity contribution in [1.82, 2.24) is 19.6 Å². The first-order chi connectivity index (χ1) is 11.9. The molecule has 130 valence electrons. The van der Waals surface area contributed by atoms with Gasteiger partial charge in [-0.15, -0.1) is 0 Å². The van der Waals surface area contributed by atoms with E-state index in [1.807, 2.05) is 38.2 Å². The van der Waals surface area contributed by atoms with Crippen molar-refractivity contribution >= 4 is 52.0 Å². The van der Waals surface area contributed by atoms with E-state index in [9.17, 15) is 0 Å². The first kappa shape index (κ1) is 17.7. The van der Waals surface area contributed by atoms with Gasteiger partial charge in [-0.05, 0) is 30.8 Å². The van der Waals surface area contributed by atoms with E-state index in [-0.39, 0.29) is 0 Å². The summed E-state index contributed by atoms with van der Waals surface area (Å²) in [6.45, 7) is 2.46. The number of rotatable bonds is 4. The number of aryl methyl sites for hydroxylation is 1. The van der Waals surface area contributed by atoms with Crippen LogP contribution in [0.5, 0.6) is 0 Å². The molecule has 2 N–H and O–H groups in total. The zero-order valence-electron chi connectivity index (χ0n) is 13.6. The highest BCUT2D eigenvalue weighted by atomic mass is 35.5. The number of aromatic nitrogens is 4. The van der Waals surface area contributed by atoms with Crippen molar-refractivity contribution in [3.63, 3.8) is 0 Å². The molecule has 3 rings (SSSR count). The summed E-state index contributed by atoms with van der Waals surface area (Å²) >= 11 is 17.8. The fourth-order valence-corrected chi connectivity index (χ4v) is 2.85. The van der Waals surface area contributed by atoms with Crippen LogP contribution in [0, 0.1) is 6.92 Å². The molecule has 0 aliphatic heterocycles. The maximum Gasteiger partial charge on any atom is 0.176 e. The van der Waals surface area contributed by atoms with Gasteiger partial charge in [0, 0.05) is 18.3 Å². The van der Waals surface area contributed by atoms with E-state index in [0.717, 1.165) is 16.9 Å². The number of anilines is 2. The van der Waals surface area contributed by atoms with Gasteiger partial charge in [-0.1, -0.05) is 41.4 Å². The third kappa shape index (κ3) is 4.12. The minimum atomic E-state index is 0.390. The second kappa shape index (κ2) is 7.43. The van der Waals surface area contributed by atoms with Gasteiger partial charge in [0.05, 0.1) is 24.1 Å². The summed E-state index contributed by atoms with van der Waals surface area (Å²) in [5.74, 6) is 0.479. The average Bonchev–Trinajstić information content (AvgIpc) is 3.06. The van der Waals surface area contributed by atoms with Crippen molar-refractivity contribution in [1.29, 1.82) is 0 Å². The van der Waals surface area contributed by atoms with Gasteiger partial charge < -0.3 is 10.6 Å². The number of thiocarbonyl (C=S) groups is 1. The van der Waals surface area contributed by atoms with E-state index in [0.29, 0.717) is 27.5 Å². The summed E-state index contributed by atoms with van der Waals surface area (Å²) < 4.78 is 3.47. The Bertz CT molecular complexity index is 917. The fraction of sp³-hybridized carbons (Fsp3) is 0.188. The third-order valence-electron chi connectivity index (χ3n) is 3.72. The highest BCUT2D eigenvalue weighted by Crippen LogP contribution is 2.22. The Balaban J connectivity index is 1.69. The normalized spacial score (nSPS) is 10.7. The van der Waals surface area contributed by atoms with Crippen LogP contribution < -0.4 is 10.6 Å². The molecule has 2 aromatic heterocycles. The van der Waals surface area contributed by atoms with Crippen molar-refractivity contribution < 1.29 is 0 Å². The fourth-order valence-electron chi connectivity index (χ4n) is 2.25. The molecular weight excluding hydrogens is 379 g/mol. The number of hydrogen-bond acceptors (Lipinski definition) is 3. The predicted octanol–water partition coefficient (Wildman–Crippen LogP) is 4.09. The summed E-state index contributed by atoms with van der Waals surface area (Å²) in [6.07, 6.45) is 3.44. The Morgan fingerprint density at radius 2 is 1.96 bits per heavy atom. The topological polar surface area (TPSA) is 59.7 Å². The summed E-state index contributed by atoms with van der Waals surface area (Å²) in [6, 6.07) is 7.61. The molecular formula is C16H16Cl2N6S. The second-order valence-electron chi connectivity index (χ2n) is 5.46. The van der Waals surface area contributed by atoms with Gasteiger partial charge in [-0.25, -0.2) is 0 Å². The van der Waals surface area contributed by atoms with Gasteiger partial charge in [0.1, 0.15) is 5.02 Å². The lowest BCUT2D eigenvalue weighted by molar-refractivity contribution is 0.690. The van der Waals surface area contributed by atoms with Crippen LogP contribution in [0.2, 0.25) is 10.0 Å². The Morgan fingerprint density at radius 1 is 1.20 bits per heavy atom. The van der Waals surface area contributed by atoms with E-state index in [1.54, 1.807) is 21.8 Å². The monoisotopic (exact) mass is 394 g/mol. The molecule has 0 saturated carbocycles. The molecule has 25 heavy (non-hydrogen) atoms. The number of hydrogen-bond donors (Lipinski definition) is 2. The average molecular weight is 395 g/mol. The lowest BCUT2D eigenvalue weighted by Gasteiger charge is -2.08. The predicted molar refractivity (Wildman–Crippen MR) is 106 cm³/mol. The first-order valence-corrected chi connectivity index (χ1v) is 8.63. The highest BCUT2D eigenvalue weighted by molar-refractivity contribution is 7.80. The van der Waals surface area contributed by atoms with E-state index in [1.165, 1.54) is 0 Å². The first-order valence-electron chi connectivity index (χ1n) is 7.47. The second-order valence-corrected chi connectivity index (χ2v) is 6.68. The molecule has 9 heteroatoms. The molecule has 0 fully saturated rings. The molecule has 0 atom stereocenters. The highest BCUT2D eigenvalue weighted by Gasteiger charge is 2.11. The summed E-state index contributed by atoms with van der Waals surface area (Å²) in [7, 11) is 1.87. The van der Waals surface area contributed by atoms with Gasteiger partial charge in [-0.2, -0.15) is 10.2 Å². The van der Waals surface area contributed by atoms with Gasteiger partial charge >= 0.3 is 0 Å². The van der Waals surface area contributed by atoms with Gasteiger partial charge in [-0.3, -0.25) is 9.36 Å². The van der Waals surface area contributed by atoms with Gasteiger partial charge in [0.15, 0.2) is 10.9 Å². The Morgan fingerprint density at radius 3 is 2.64 bits per heavy atom. The zero-order valence-corrected chi connectivity index (χ0v) is 16.0. The molecule has 0 amide bonds. The molecule has 0 radical (unpaired) electrons. The van der Waals surface area contributed by atoms with Crippen molar-refractivity contribution in [2.45, 2.75) is 13.5 Å². The SMILES string of the molecule is Cc1c(NC(=S)Nc2nn(Cc3ccccc3Cl)cc2Cl)cnn1C. The van der Waals surface area contributed by atoms with Crippen molar-refractivity contribution in [2.24, 2.45) is 7.05 Å². The van der Waals surface area contributed by atoms with E-state index in [4.69, 9.17) is 35.4 Å². The van der Waals surface area contributed by atoms with Crippen LogP contribution in [-0.2, 0) is 13.6 Å². The molecule has 0 aliphatic rings. The minimum Gasteiger partial charge on any atom is -0.330 e. The van der Waals surface area contributed by atoms with Crippen LogP contribution >= 0.6 is 35.4 Å². The minimum absolute atomic E-state index is 0.390. The third-order valence-corrected chi connectivity index (χ3v) is 4.57. The molecule has 0 spiro atoms. The molecule has 0 saturated heterocycles. The molecule has 0 bridgehead atoms. The molecule has 1 aromatic carbocycles. The van der Waals surface area contributed by atoms with Crippen LogP contribution in [0.1, 0.15) is 11.3 Å². The van der Waals surface area contributed by atoms with Gasteiger partial charge in [0.2, 0.25) is 0 Å². The summed E-state index contributed by atoms with van der Waals surface area (Å²) in [4.78, 5) is 0. The van der Waals surface area contributed by atoms with Crippen LogP contribution in [0.25, 0.3) is 0 Å². The van der Waals surface area contributed by atoms with Crippen molar-refractivity contribution in [2.75, 3.05) is 10.6 Å². The summed E-state index contributed by atoms with van der Waals surface area (Å²) in [5.41, 5.74) is 2.76. The smallest absolute Gasteiger partial charge is 0.176 e. The number of halogens is 2. The number of benzene rings is 1. The van der Waals surface area contributed by atoms with Crippen LogP contribution in [0.4, 0.5) is 11.5 Å².